The summed E-state index contributed by atoms with van der Waals surface area (Å²) in [5, 5.41) is 0.829. The van der Waals surface area contributed by atoms with Crippen molar-refractivity contribution >= 4 is 57.0 Å². The predicted molar refractivity (Wildman–Crippen MR) is 129 cm³/mol. The average Bonchev–Trinajstić information content (AvgIpc) is 3.25. The third kappa shape index (κ3) is 4.33. The SMILES string of the molecule is C=N/C=N\C=C(/C)c1cc(-c2cnc(C)n2C)c2c(N)c([S@@+]([O-])CCCC)sc2n1. The number of rotatable bonds is 8. The van der Waals surface area contributed by atoms with Crippen LogP contribution in [-0.4, -0.2) is 37.9 Å². The first-order chi connectivity index (χ1) is 14.4. The zero-order valence-electron chi connectivity index (χ0n) is 17.7. The molecule has 0 saturated carbocycles. The standard InChI is InChI=1S/C21H26N6OS2/c1-6-7-8-30(28)21-19(22)18-15(17-11-25-14(3)27(17)5)9-16(26-20(18)29-21)13(2)10-24-12-23-4/h9-12H,4,6-8,22H2,1-3,5H3/b13-10+,24-12-/t30-/m0/s1. The molecule has 0 bridgehead atoms. The minimum absolute atomic E-state index is 0.549. The van der Waals surface area contributed by atoms with Gasteiger partial charge in [-0.2, -0.15) is 0 Å². The quantitative estimate of drug-likeness (QED) is 0.313. The van der Waals surface area contributed by atoms with E-state index in [0.29, 0.717) is 15.6 Å². The van der Waals surface area contributed by atoms with Crippen LogP contribution in [0.15, 0.2) is 32.7 Å². The molecule has 3 rings (SSSR count). The molecule has 1 atom stereocenters. The maximum atomic E-state index is 12.9. The van der Waals surface area contributed by atoms with Crippen molar-refractivity contribution in [2.24, 2.45) is 17.0 Å². The molecular weight excluding hydrogens is 416 g/mol. The van der Waals surface area contributed by atoms with Crippen LogP contribution < -0.4 is 5.73 Å². The van der Waals surface area contributed by atoms with Crippen LogP contribution in [-0.2, 0) is 18.2 Å². The summed E-state index contributed by atoms with van der Waals surface area (Å²) in [5.41, 5.74) is 10.6. The molecule has 9 heteroatoms. The summed E-state index contributed by atoms with van der Waals surface area (Å²) in [6.07, 6.45) is 6.79. The Hall–Kier alpha value is -2.49. The summed E-state index contributed by atoms with van der Waals surface area (Å²) < 4.78 is 15.6. The Morgan fingerprint density at radius 3 is 2.87 bits per heavy atom. The number of imidazole rings is 1. The van der Waals surface area contributed by atoms with Crippen LogP contribution in [0.2, 0.25) is 0 Å². The molecule has 0 amide bonds. The number of pyridine rings is 1. The molecule has 0 aliphatic rings. The van der Waals surface area contributed by atoms with E-state index in [0.717, 1.165) is 51.4 Å². The Kier molecular flexibility index (Phi) is 7.06. The van der Waals surface area contributed by atoms with Crippen molar-refractivity contribution in [1.29, 1.82) is 0 Å². The van der Waals surface area contributed by atoms with Gasteiger partial charge in [0.25, 0.3) is 0 Å². The number of nitrogen functional groups attached to an aromatic ring is 1. The van der Waals surface area contributed by atoms with Crippen LogP contribution in [0, 0.1) is 6.92 Å². The Morgan fingerprint density at radius 1 is 1.47 bits per heavy atom. The van der Waals surface area contributed by atoms with Crippen molar-refractivity contribution < 1.29 is 4.55 Å². The average molecular weight is 443 g/mol. The maximum Gasteiger partial charge on any atom is 0.232 e. The van der Waals surface area contributed by atoms with E-state index in [4.69, 9.17) is 10.7 Å². The molecule has 158 valence electrons. The summed E-state index contributed by atoms with van der Waals surface area (Å²) in [6, 6.07) is 1.99. The van der Waals surface area contributed by atoms with Crippen LogP contribution in [0.3, 0.4) is 0 Å². The van der Waals surface area contributed by atoms with Gasteiger partial charge in [0, 0.05) is 24.2 Å². The Morgan fingerprint density at radius 2 is 2.23 bits per heavy atom. The number of aromatic nitrogens is 3. The van der Waals surface area contributed by atoms with E-state index >= 15 is 0 Å². The highest BCUT2D eigenvalue weighted by molar-refractivity contribution is 7.93. The van der Waals surface area contributed by atoms with Gasteiger partial charge >= 0.3 is 0 Å². The molecule has 30 heavy (non-hydrogen) atoms. The van der Waals surface area contributed by atoms with Gasteiger partial charge in [0.1, 0.15) is 28.4 Å². The lowest BCUT2D eigenvalue weighted by Crippen LogP contribution is -2.07. The number of aliphatic imine (C=N–C) groups is 2. The third-order valence-corrected chi connectivity index (χ3v) is 7.87. The highest BCUT2D eigenvalue weighted by atomic mass is 32.2. The van der Waals surface area contributed by atoms with Crippen LogP contribution >= 0.6 is 11.3 Å². The third-order valence-electron chi connectivity index (χ3n) is 4.87. The molecular formula is C21H26N6OS2. The van der Waals surface area contributed by atoms with Crippen molar-refractivity contribution in [3.05, 3.63) is 30.0 Å². The van der Waals surface area contributed by atoms with Crippen molar-refractivity contribution in [2.75, 3.05) is 11.5 Å². The van der Waals surface area contributed by atoms with E-state index in [1.165, 1.54) is 17.7 Å². The highest BCUT2D eigenvalue weighted by Gasteiger charge is 2.25. The van der Waals surface area contributed by atoms with Gasteiger partial charge in [-0.1, -0.05) is 24.7 Å². The van der Waals surface area contributed by atoms with Crippen LogP contribution in [0.5, 0.6) is 0 Å². The Bertz CT molecular complexity index is 1130. The molecule has 3 heterocycles. The number of allylic oxidation sites excluding steroid dienone is 1. The van der Waals surface area contributed by atoms with Crippen molar-refractivity contribution in [1.82, 2.24) is 14.5 Å². The molecule has 3 aromatic rings. The van der Waals surface area contributed by atoms with Gasteiger partial charge in [-0.15, -0.1) is 0 Å². The maximum absolute atomic E-state index is 12.9. The fourth-order valence-electron chi connectivity index (χ4n) is 3.05. The first kappa shape index (κ1) is 22.2. The molecule has 0 radical (unpaired) electrons. The minimum Gasteiger partial charge on any atom is -0.611 e. The number of fused-ring (bicyclic) bond motifs is 1. The lowest BCUT2D eigenvalue weighted by atomic mass is 10.1. The fraction of sp³-hybridized carbons (Fsp3) is 0.333. The first-order valence-corrected chi connectivity index (χ1v) is 11.8. The number of thiophene rings is 1. The molecule has 7 nitrogen and oxygen atoms in total. The molecule has 0 fully saturated rings. The first-order valence-electron chi connectivity index (χ1n) is 9.63. The molecule has 0 aromatic carbocycles. The molecule has 0 spiro atoms. The van der Waals surface area contributed by atoms with Gasteiger partial charge in [-0.25, -0.2) is 15.0 Å². The minimum atomic E-state index is -1.14. The largest absolute Gasteiger partial charge is 0.611 e. The second-order valence-electron chi connectivity index (χ2n) is 6.95. The zero-order chi connectivity index (χ0) is 21.8. The van der Waals surface area contributed by atoms with E-state index in [-0.39, 0.29) is 0 Å². The fourth-order valence-corrected chi connectivity index (χ4v) is 5.85. The molecule has 0 saturated heterocycles. The normalized spacial score (nSPS) is 13.4. The Labute approximate surface area is 183 Å². The van der Waals surface area contributed by atoms with E-state index in [1.54, 1.807) is 6.20 Å². The van der Waals surface area contributed by atoms with E-state index in [2.05, 4.69) is 28.6 Å². The number of aryl methyl sites for hydroxylation is 1. The summed E-state index contributed by atoms with van der Waals surface area (Å²) >= 11 is 0.262. The van der Waals surface area contributed by atoms with E-state index in [1.807, 2.05) is 37.7 Å². The van der Waals surface area contributed by atoms with Gasteiger partial charge in [-0.3, -0.25) is 4.99 Å². The monoisotopic (exact) mass is 442 g/mol. The van der Waals surface area contributed by atoms with Crippen LogP contribution in [0.25, 0.3) is 27.0 Å². The lowest BCUT2D eigenvalue weighted by Gasteiger charge is -2.10. The van der Waals surface area contributed by atoms with Gasteiger partial charge in [0.2, 0.25) is 4.21 Å². The van der Waals surface area contributed by atoms with Crippen molar-refractivity contribution in [3.8, 4) is 11.3 Å². The van der Waals surface area contributed by atoms with Crippen molar-refractivity contribution in [2.45, 2.75) is 37.8 Å². The molecule has 0 unspecified atom stereocenters. The number of hydrogen-bond donors (Lipinski definition) is 1. The van der Waals surface area contributed by atoms with Gasteiger partial charge in [0.05, 0.1) is 17.6 Å². The summed E-state index contributed by atoms with van der Waals surface area (Å²) in [6.45, 7) is 9.36. The van der Waals surface area contributed by atoms with Crippen LogP contribution in [0.4, 0.5) is 5.69 Å². The number of unbranched alkanes of at least 4 members (excludes halogenated alkanes) is 1. The zero-order valence-corrected chi connectivity index (χ0v) is 19.3. The topological polar surface area (TPSA) is 105 Å². The molecule has 0 aliphatic heterocycles. The predicted octanol–water partition coefficient (Wildman–Crippen LogP) is 4.58. The van der Waals surface area contributed by atoms with Crippen molar-refractivity contribution in [3.63, 3.8) is 0 Å². The number of hydrogen-bond acceptors (Lipinski definition) is 6. The van der Waals surface area contributed by atoms with Gasteiger partial charge < -0.3 is 14.9 Å². The smallest absolute Gasteiger partial charge is 0.232 e. The van der Waals surface area contributed by atoms with Gasteiger partial charge in [0.15, 0.2) is 0 Å². The second-order valence-corrected chi connectivity index (χ2v) is 9.72. The second kappa shape index (κ2) is 9.55. The summed E-state index contributed by atoms with van der Waals surface area (Å²) in [5.74, 6) is 1.49. The molecule has 2 N–H and O–H groups in total. The Balaban J connectivity index is 2.25. The lowest BCUT2D eigenvalue weighted by molar-refractivity contribution is 0.594. The van der Waals surface area contributed by atoms with E-state index < -0.39 is 11.2 Å². The van der Waals surface area contributed by atoms with E-state index in [9.17, 15) is 4.55 Å². The summed E-state index contributed by atoms with van der Waals surface area (Å²) in [4.78, 5) is 17.7. The highest BCUT2D eigenvalue weighted by Crippen LogP contribution is 2.43. The number of nitrogens with zero attached hydrogens (tertiary/aromatic N) is 5. The van der Waals surface area contributed by atoms with Gasteiger partial charge in [-0.05, 0) is 49.8 Å². The number of nitrogens with two attached hydrogens (primary N) is 1. The number of anilines is 1. The molecule has 0 aliphatic carbocycles. The molecule has 3 aromatic heterocycles. The van der Waals surface area contributed by atoms with Crippen LogP contribution in [0.1, 0.15) is 38.2 Å². The summed E-state index contributed by atoms with van der Waals surface area (Å²) in [7, 11) is 1.97.